The zero-order valence-corrected chi connectivity index (χ0v) is 10.5. The second-order valence-corrected chi connectivity index (χ2v) is 4.69. The van der Waals surface area contributed by atoms with Crippen LogP contribution in [0.4, 0.5) is 10.4 Å². The van der Waals surface area contributed by atoms with Crippen LogP contribution in [0.1, 0.15) is 6.42 Å². The molecule has 1 aliphatic heterocycles. The summed E-state index contributed by atoms with van der Waals surface area (Å²) in [4.78, 5) is 6.14. The van der Waals surface area contributed by atoms with Crippen LogP contribution in [0, 0.1) is 5.82 Å². The molecule has 0 bridgehead atoms. The number of halogens is 1. The molecule has 1 fully saturated rings. The number of hydrogen-bond donors (Lipinski definition) is 1. The van der Waals surface area contributed by atoms with Crippen LogP contribution in [0.5, 0.6) is 0 Å². The van der Waals surface area contributed by atoms with Crippen LogP contribution >= 0.6 is 0 Å². The SMILES string of the molecule is CO[C@@H]1C[C@@H](CO)N(c2nc3cc(F)ccc3o2)C1. The van der Waals surface area contributed by atoms with Crippen molar-refractivity contribution < 1.29 is 18.7 Å². The predicted molar refractivity (Wildman–Crippen MR) is 67.6 cm³/mol. The quantitative estimate of drug-likeness (QED) is 0.913. The van der Waals surface area contributed by atoms with E-state index in [1.807, 2.05) is 4.90 Å². The molecule has 1 aromatic heterocycles. The Balaban J connectivity index is 1.94. The molecule has 1 aliphatic rings. The van der Waals surface area contributed by atoms with E-state index in [1.54, 1.807) is 13.2 Å². The molecule has 3 rings (SSSR count). The van der Waals surface area contributed by atoms with Crippen molar-refractivity contribution in [3.63, 3.8) is 0 Å². The normalized spacial score (nSPS) is 23.4. The molecule has 102 valence electrons. The molecule has 0 saturated carbocycles. The number of benzene rings is 1. The maximum atomic E-state index is 13.1. The number of nitrogens with zero attached hydrogens (tertiary/aromatic N) is 2. The lowest BCUT2D eigenvalue weighted by atomic mass is 10.2. The molecule has 0 unspecified atom stereocenters. The van der Waals surface area contributed by atoms with Gasteiger partial charge in [-0.1, -0.05) is 0 Å². The van der Waals surface area contributed by atoms with Crippen LogP contribution in [-0.4, -0.2) is 42.5 Å². The fourth-order valence-corrected chi connectivity index (χ4v) is 2.46. The summed E-state index contributed by atoms with van der Waals surface area (Å²) in [6.07, 6.45) is 0.768. The van der Waals surface area contributed by atoms with Gasteiger partial charge in [-0.05, 0) is 18.6 Å². The predicted octanol–water partition coefficient (Wildman–Crippen LogP) is 1.55. The van der Waals surface area contributed by atoms with E-state index >= 15 is 0 Å². The summed E-state index contributed by atoms with van der Waals surface area (Å²) in [6, 6.07) is 4.55. The van der Waals surface area contributed by atoms with Crippen molar-refractivity contribution in [3.8, 4) is 0 Å². The molecule has 2 atom stereocenters. The van der Waals surface area contributed by atoms with Gasteiger partial charge < -0.3 is 19.2 Å². The van der Waals surface area contributed by atoms with Gasteiger partial charge in [-0.3, -0.25) is 0 Å². The third-order valence-corrected chi connectivity index (χ3v) is 3.50. The Kier molecular flexibility index (Phi) is 3.12. The second kappa shape index (κ2) is 4.79. The zero-order chi connectivity index (χ0) is 13.4. The lowest BCUT2D eigenvalue weighted by Crippen LogP contribution is -2.32. The molecule has 6 heteroatoms. The average molecular weight is 266 g/mol. The Labute approximate surface area is 109 Å². The number of hydrogen-bond acceptors (Lipinski definition) is 5. The summed E-state index contributed by atoms with van der Waals surface area (Å²) in [7, 11) is 1.64. The van der Waals surface area contributed by atoms with Gasteiger partial charge >= 0.3 is 0 Å². The van der Waals surface area contributed by atoms with Crippen molar-refractivity contribution in [2.45, 2.75) is 18.6 Å². The van der Waals surface area contributed by atoms with Crippen molar-refractivity contribution in [1.29, 1.82) is 0 Å². The summed E-state index contributed by atoms with van der Waals surface area (Å²) in [5, 5.41) is 9.40. The van der Waals surface area contributed by atoms with Gasteiger partial charge in [0.25, 0.3) is 6.01 Å². The molecule has 19 heavy (non-hydrogen) atoms. The maximum absolute atomic E-state index is 13.1. The van der Waals surface area contributed by atoms with Gasteiger partial charge in [0, 0.05) is 19.7 Å². The van der Waals surface area contributed by atoms with Gasteiger partial charge in [0.05, 0.1) is 18.8 Å². The number of methoxy groups -OCH3 is 1. The van der Waals surface area contributed by atoms with Gasteiger partial charge in [-0.25, -0.2) is 4.39 Å². The van der Waals surface area contributed by atoms with Gasteiger partial charge in [0.15, 0.2) is 5.58 Å². The molecule has 2 heterocycles. The monoisotopic (exact) mass is 266 g/mol. The number of aromatic nitrogens is 1. The first-order valence-electron chi connectivity index (χ1n) is 6.17. The van der Waals surface area contributed by atoms with Crippen molar-refractivity contribution in [1.82, 2.24) is 4.98 Å². The summed E-state index contributed by atoms with van der Waals surface area (Å²) in [6.45, 7) is 0.615. The van der Waals surface area contributed by atoms with E-state index in [9.17, 15) is 9.50 Å². The summed E-state index contributed by atoms with van der Waals surface area (Å²) < 4.78 is 24.0. The van der Waals surface area contributed by atoms with Crippen LogP contribution in [-0.2, 0) is 4.74 Å². The first-order valence-corrected chi connectivity index (χ1v) is 6.17. The summed E-state index contributed by atoms with van der Waals surface area (Å²) in [5.74, 6) is -0.345. The topological polar surface area (TPSA) is 58.7 Å². The highest BCUT2D eigenvalue weighted by atomic mass is 19.1. The van der Waals surface area contributed by atoms with Gasteiger partial charge in [0.1, 0.15) is 11.3 Å². The summed E-state index contributed by atoms with van der Waals surface area (Å²) in [5.41, 5.74) is 1.02. The van der Waals surface area contributed by atoms with Crippen molar-refractivity contribution >= 4 is 17.1 Å². The van der Waals surface area contributed by atoms with E-state index in [4.69, 9.17) is 9.15 Å². The lowest BCUT2D eigenvalue weighted by molar-refractivity contribution is 0.115. The first kappa shape index (κ1) is 12.4. The Bertz CT molecular complexity index is 586. The third-order valence-electron chi connectivity index (χ3n) is 3.50. The van der Waals surface area contributed by atoms with Crippen LogP contribution in [0.15, 0.2) is 22.6 Å². The molecule has 1 N–H and O–H groups in total. The number of ether oxygens (including phenoxy) is 1. The summed E-state index contributed by atoms with van der Waals surface area (Å²) >= 11 is 0. The largest absolute Gasteiger partial charge is 0.423 e. The molecule has 1 saturated heterocycles. The smallest absolute Gasteiger partial charge is 0.298 e. The highest BCUT2D eigenvalue weighted by Crippen LogP contribution is 2.29. The standard InChI is InChI=1S/C13H15FN2O3/c1-18-10-5-9(7-17)16(6-10)13-15-11-4-8(14)2-3-12(11)19-13/h2-4,9-10,17H,5-7H2,1H3/t9-,10+/m0/s1. The second-order valence-electron chi connectivity index (χ2n) is 4.69. The van der Waals surface area contributed by atoms with Gasteiger partial charge in [0.2, 0.25) is 0 Å². The van der Waals surface area contributed by atoms with E-state index in [2.05, 4.69) is 4.98 Å². The molecule has 0 amide bonds. The molecule has 1 aromatic carbocycles. The van der Waals surface area contributed by atoms with E-state index in [1.165, 1.54) is 12.1 Å². The molecule has 5 nitrogen and oxygen atoms in total. The number of aliphatic hydroxyl groups is 1. The Morgan fingerprint density at radius 3 is 3.16 bits per heavy atom. The number of aliphatic hydroxyl groups excluding tert-OH is 1. The molecular weight excluding hydrogens is 251 g/mol. The Morgan fingerprint density at radius 2 is 2.42 bits per heavy atom. The fourth-order valence-electron chi connectivity index (χ4n) is 2.46. The van der Waals surface area contributed by atoms with E-state index < -0.39 is 0 Å². The minimum atomic E-state index is -0.345. The number of rotatable bonds is 3. The molecule has 0 radical (unpaired) electrons. The number of fused-ring (bicyclic) bond motifs is 1. The van der Waals surface area contributed by atoms with Crippen LogP contribution in [0.3, 0.4) is 0 Å². The fraction of sp³-hybridized carbons (Fsp3) is 0.462. The molecule has 0 aliphatic carbocycles. The highest BCUT2D eigenvalue weighted by molar-refractivity contribution is 5.74. The molecule has 0 spiro atoms. The van der Waals surface area contributed by atoms with Gasteiger partial charge in [-0.15, -0.1) is 0 Å². The van der Waals surface area contributed by atoms with Gasteiger partial charge in [-0.2, -0.15) is 4.98 Å². The number of oxazole rings is 1. The number of anilines is 1. The van der Waals surface area contributed by atoms with Crippen molar-refractivity contribution in [3.05, 3.63) is 24.0 Å². The minimum absolute atomic E-state index is 0.00689. The Hall–Kier alpha value is -1.66. The van der Waals surface area contributed by atoms with Crippen molar-refractivity contribution in [2.24, 2.45) is 0 Å². The lowest BCUT2D eigenvalue weighted by Gasteiger charge is -2.19. The minimum Gasteiger partial charge on any atom is -0.423 e. The van der Waals surface area contributed by atoms with E-state index in [0.29, 0.717) is 23.7 Å². The van der Waals surface area contributed by atoms with Crippen LogP contribution in [0.25, 0.3) is 11.1 Å². The van der Waals surface area contributed by atoms with E-state index in [-0.39, 0.29) is 24.6 Å². The van der Waals surface area contributed by atoms with Crippen LogP contribution in [0.2, 0.25) is 0 Å². The maximum Gasteiger partial charge on any atom is 0.298 e. The highest BCUT2D eigenvalue weighted by Gasteiger charge is 2.34. The van der Waals surface area contributed by atoms with E-state index in [0.717, 1.165) is 6.42 Å². The van der Waals surface area contributed by atoms with Crippen LogP contribution < -0.4 is 4.90 Å². The first-order chi connectivity index (χ1) is 9.21. The molecule has 2 aromatic rings. The van der Waals surface area contributed by atoms with Crippen molar-refractivity contribution in [2.75, 3.05) is 25.2 Å². The molecular formula is C13H15FN2O3. The third kappa shape index (κ3) is 2.17. The average Bonchev–Trinajstić information content (AvgIpc) is 3.00. The zero-order valence-electron chi connectivity index (χ0n) is 10.5. The Morgan fingerprint density at radius 1 is 1.58 bits per heavy atom.